The first-order valence-electron chi connectivity index (χ1n) is 7.12. The Morgan fingerprint density at radius 2 is 2.00 bits per heavy atom. The number of hydrogen-bond donors (Lipinski definition) is 1. The van der Waals surface area contributed by atoms with Crippen molar-refractivity contribution in [2.24, 2.45) is 5.41 Å². The number of carboxylic acids is 1. The number of carbonyl (C=O) groups is 2. The minimum Gasteiger partial charge on any atom is -0.481 e. The molecule has 0 aromatic heterocycles. The first-order chi connectivity index (χ1) is 9.05. The van der Waals surface area contributed by atoms with Gasteiger partial charge in [0.25, 0.3) is 0 Å². The number of carbonyl (C=O) groups excluding carboxylic acids is 1. The molecule has 0 aromatic rings. The lowest BCUT2D eigenvalue weighted by Crippen LogP contribution is -2.43. The predicted octanol–water partition coefficient (Wildman–Crippen LogP) is 1.66. The maximum atomic E-state index is 12.3. The van der Waals surface area contributed by atoms with Crippen molar-refractivity contribution in [2.75, 3.05) is 20.3 Å². The highest BCUT2D eigenvalue weighted by molar-refractivity contribution is 5.85. The Bertz CT molecular complexity index is 343. The highest BCUT2D eigenvalue weighted by atomic mass is 16.5. The Morgan fingerprint density at radius 3 is 2.53 bits per heavy atom. The monoisotopic (exact) mass is 269 g/mol. The minimum absolute atomic E-state index is 0.0557. The zero-order chi connectivity index (χ0) is 13.9. The van der Waals surface area contributed by atoms with Crippen molar-refractivity contribution in [1.82, 2.24) is 4.90 Å². The van der Waals surface area contributed by atoms with E-state index in [-0.39, 0.29) is 18.4 Å². The summed E-state index contributed by atoms with van der Waals surface area (Å²) in [4.78, 5) is 25.6. The summed E-state index contributed by atoms with van der Waals surface area (Å²) in [5, 5.41) is 9.49. The van der Waals surface area contributed by atoms with Gasteiger partial charge in [0.1, 0.15) is 0 Å². The number of aliphatic carboxylic acids is 1. The summed E-state index contributed by atoms with van der Waals surface area (Å²) in [6.45, 7) is 1.26. The second-order valence-corrected chi connectivity index (χ2v) is 5.84. The number of ether oxygens (including phenoxy) is 1. The van der Waals surface area contributed by atoms with E-state index in [0.29, 0.717) is 26.1 Å². The molecule has 5 heteroatoms. The summed E-state index contributed by atoms with van der Waals surface area (Å²) in [5.41, 5.74) is -0.830. The van der Waals surface area contributed by atoms with E-state index >= 15 is 0 Å². The van der Waals surface area contributed by atoms with Gasteiger partial charge in [-0.2, -0.15) is 0 Å². The van der Waals surface area contributed by atoms with Crippen LogP contribution in [0.3, 0.4) is 0 Å². The fourth-order valence-corrected chi connectivity index (χ4v) is 3.14. The number of hydrogen-bond acceptors (Lipinski definition) is 3. The van der Waals surface area contributed by atoms with Crippen LogP contribution in [0.4, 0.5) is 0 Å². The van der Waals surface area contributed by atoms with Crippen molar-refractivity contribution in [3.63, 3.8) is 0 Å². The molecule has 0 aromatic carbocycles. The van der Waals surface area contributed by atoms with Crippen LogP contribution in [0.15, 0.2) is 0 Å². The van der Waals surface area contributed by atoms with Gasteiger partial charge in [0.2, 0.25) is 5.91 Å². The lowest BCUT2D eigenvalue weighted by Gasteiger charge is -2.34. The van der Waals surface area contributed by atoms with Crippen molar-refractivity contribution in [2.45, 2.75) is 51.0 Å². The van der Waals surface area contributed by atoms with E-state index in [2.05, 4.69) is 0 Å². The van der Waals surface area contributed by atoms with Crippen LogP contribution in [-0.2, 0) is 14.3 Å². The van der Waals surface area contributed by atoms with Gasteiger partial charge in [-0.25, -0.2) is 0 Å². The molecule has 1 unspecified atom stereocenters. The Morgan fingerprint density at radius 1 is 1.32 bits per heavy atom. The van der Waals surface area contributed by atoms with Gasteiger partial charge in [-0.15, -0.1) is 0 Å². The van der Waals surface area contributed by atoms with Gasteiger partial charge in [-0.05, 0) is 19.3 Å². The van der Waals surface area contributed by atoms with Gasteiger partial charge in [0.15, 0.2) is 0 Å². The molecule has 2 fully saturated rings. The summed E-state index contributed by atoms with van der Waals surface area (Å²) in [6, 6.07) is 0.113. The Labute approximate surface area is 113 Å². The molecule has 0 radical (unpaired) electrons. The molecule has 2 rings (SSSR count). The molecule has 1 saturated carbocycles. The van der Waals surface area contributed by atoms with Crippen LogP contribution in [-0.4, -0.2) is 48.2 Å². The molecule has 19 heavy (non-hydrogen) atoms. The van der Waals surface area contributed by atoms with Crippen LogP contribution in [0.25, 0.3) is 0 Å². The average Bonchev–Trinajstić information content (AvgIpc) is 2.92. The van der Waals surface area contributed by atoms with E-state index in [9.17, 15) is 14.7 Å². The van der Waals surface area contributed by atoms with Crippen molar-refractivity contribution in [3.05, 3.63) is 0 Å². The fraction of sp³-hybridized carbons (Fsp3) is 0.857. The number of rotatable bonds is 4. The molecule has 1 atom stereocenters. The van der Waals surface area contributed by atoms with Gasteiger partial charge >= 0.3 is 5.97 Å². The molecule has 1 saturated heterocycles. The molecular formula is C14H23NO4. The Kier molecular flexibility index (Phi) is 4.45. The number of carboxylic acid groups (broad SMARTS) is 1. The predicted molar refractivity (Wildman–Crippen MR) is 69.8 cm³/mol. The van der Waals surface area contributed by atoms with Gasteiger partial charge < -0.3 is 14.7 Å². The molecule has 0 spiro atoms. The van der Waals surface area contributed by atoms with Crippen LogP contribution < -0.4 is 0 Å². The highest BCUT2D eigenvalue weighted by Gasteiger charge is 2.42. The molecular weight excluding hydrogens is 246 g/mol. The van der Waals surface area contributed by atoms with Crippen LogP contribution >= 0.6 is 0 Å². The lowest BCUT2D eigenvalue weighted by molar-refractivity contribution is -0.156. The quantitative estimate of drug-likeness (QED) is 0.843. The third-order valence-corrected chi connectivity index (χ3v) is 4.60. The topological polar surface area (TPSA) is 66.8 Å². The number of nitrogens with zero attached hydrogens (tertiary/aromatic N) is 1. The molecule has 1 heterocycles. The second kappa shape index (κ2) is 5.90. The SMILES string of the molecule is CN(C(=O)CC1(C(=O)O)CCCCC1)C1CCOC1. The molecule has 1 amide bonds. The van der Waals surface area contributed by atoms with E-state index < -0.39 is 11.4 Å². The third-order valence-electron chi connectivity index (χ3n) is 4.60. The van der Waals surface area contributed by atoms with Gasteiger partial charge in [-0.3, -0.25) is 9.59 Å². The Balaban J connectivity index is 2.00. The summed E-state index contributed by atoms with van der Waals surface area (Å²) in [6.07, 6.45) is 5.14. The zero-order valence-corrected chi connectivity index (χ0v) is 11.6. The largest absolute Gasteiger partial charge is 0.481 e. The molecule has 0 bridgehead atoms. The molecule has 108 valence electrons. The maximum absolute atomic E-state index is 12.3. The highest BCUT2D eigenvalue weighted by Crippen LogP contribution is 2.40. The summed E-state index contributed by atoms with van der Waals surface area (Å²) >= 11 is 0. The smallest absolute Gasteiger partial charge is 0.310 e. The number of likely N-dealkylation sites (N-methyl/N-ethyl adjacent to an activating group) is 1. The van der Waals surface area contributed by atoms with Crippen LogP contribution in [0, 0.1) is 5.41 Å². The first kappa shape index (κ1) is 14.3. The van der Waals surface area contributed by atoms with Crippen molar-refractivity contribution >= 4 is 11.9 Å². The second-order valence-electron chi connectivity index (χ2n) is 5.84. The van der Waals surface area contributed by atoms with E-state index in [0.717, 1.165) is 25.7 Å². The molecule has 2 aliphatic rings. The average molecular weight is 269 g/mol. The summed E-state index contributed by atoms with van der Waals surface area (Å²) < 4.78 is 5.28. The Hall–Kier alpha value is -1.10. The van der Waals surface area contributed by atoms with Crippen molar-refractivity contribution in [3.8, 4) is 0 Å². The molecule has 1 aliphatic carbocycles. The third kappa shape index (κ3) is 3.08. The zero-order valence-electron chi connectivity index (χ0n) is 11.6. The van der Waals surface area contributed by atoms with Gasteiger partial charge in [0, 0.05) is 20.1 Å². The van der Waals surface area contributed by atoms with E-state index in [4.69, 9.17) is 4.74 Å². The van der Waals surface area contributed by atoms with Gasteiger partial charge in [0.05, 0.1) is 18.1 Å². The van der Waals surface area contributed by atoms with Crippen molar-refractivity contribution in [1.29, 1.82) is 0 Å². The first-order valence-corrected chi connectivity index (χ1v) is 7.12. The summed E-state index contributed by atoms with van der Waals surface area (Å²) in [7, 11) is 1.76. The van der Waals surface area contributed by atoms with E-state index in [1.807, 2.05) is 0 Å². The molecule has 1 aliphatic heterocycles. The maximum Gasteiger partial charge on any atom is 0.310 e. The van der Waals surface area contributed by atoms with E-state index in [1.54, 1.807) is 11.9 Å². The minimum atomic E-state index is -0.830. The normalized spacial score (nSPS) is 26.1. The molecule has 5 nitrogen and oxygen atoms in total. The fourth-order valence-electron chi connectivity index (χ4n) is 3.14. The molecule has 1 N–H and O–H groups in total. The summed E-state index contributed by atoms with van der Waals surface area (Å²) in [5.74, 6) is -0.864. The van der Waals surface area contributed by atoms with Gasteiger partial charge in [-0.1, -0.05) is 19.3 Å². The van der Waals surface area contributed by atoms with Crippen LogP contribution in [0.5, 0.6) is 0 Å². The van der Waals surface area contributed by atoms with E-state index in [1.165, 1.54) is 0 Å². The van der Waals surface area contributed by atoms with Crippen LogP contribution in [0.2, 0.25) is 0 Å². The van der Waals surface area contributed by atoms with Crippen molar-refractivity contribution < 1.29 is 19.4 Å². The number of amides is 1. The standard InChI is InChI=1S/C14H23NO4/c1-15(11-5-8-19-10-11)12(16)9-14(13(17)18)6-3-2-4-7-14/h11H,2-10H2,1H3,(H,17,18). The van der Waals surface area contributed by atoms with Crippen LogP contribution in [0.1, 0.15) is 44.9 Å². The lowest BCUT2D eigenvalue weighted by atomic mass is 9.71.